The quantitative estimate of drug-likeness (QED) is 0.696. The van der Waals surface area contributed by atoms with Crippen molar-refractivity contribution in [2.24, 2.45) is 40.4 Å². The van der Waals surface area contributed by atoms with Gasteiger partial charge >= 0.3 is 0 Å². The first-order chi connectivity index (χ1) is 10.9. The maximum Gasteiger partial charge on any atom is 0.136 e. The molecule has 2 nitrogen and oxygen atoms in total. The van der Waals surface area contributed by atoms with E-state index >= 15 is 0 Å². The Kier molecular flexibility index (Phi) is 3.56. The molecule has 128 valence electrons. The summed E-state index contributed by atoms with van der Waals surface area (Å²) in [5, 5.41) is 0. The second-order valence-corrected chi connectivity index (χ2v) is 9.64. The lowest BCUT2D eigenvalue weighted by atomic mass is 9.44. The van der Waals surface area contributed by atoms with Crippen molar-refractivity contribution in [3.8, 4) is 0 Å². The molecule has 4 aliphatic carbocycles. The second-order valence-electron chi connectivity index (χ2n) is 9.64. The zero-order valence-electron chi connectivity index (χ0n) is 15.1. The van der Waals surface area contributed by atoms with Gasteiger partial charge in [0.1, 0.15) is 11.6 Å². The maximum atomic E-state index is 13.1. The molecule has 0 amide bonds. The number of fused-ring (bicyclic) bond motifs is 5. The molecule has 0 bridgehead atoms. The van der Waals surface area contributed by atoms with Crippen molar-refractivity contribution in [2.75, 3.05) is 0 Å². The van der Waals surface area contributed by atoms with Crippen LogP contribution in [0.2, 0.25) is 0 Å². The van der Waals surface area contributed by atoms with Crippen molar-refractivity contribution < 1.29 is 9.59 Å². The Labute approximate surface area is 140 Å². The normalized spacial score (nSPS) is 52.5. The van der Waals surface area contributed by atoms with Crippen molar-refractivity contribution in [3.05, 3.63) is 0 Å². The molecule has 7 atom stereocenters. The summed E-state index contributed by atoms with van der Waals surface area (Å²) in [4.78, 5) is 25.3. The van der Waals surface area contributed by atoms with Crippen LogP contribution in [0.1, 0.15) is 78.6 Å². The Morgan fingerprint density at radius 3 is 2.43 bits per heavy atom. The maximum absolute atomic E-state index is 13.1. The van der Waals surface area contributed by atoms with E-state index in [-0.39, 0.29) is 17.3 Å². The summed E-state index contributed by atoms with van der Waals surface area (Å²) in [7, 11) is 0. The van der Waals surface area contributed by atoms with Gasteiger partial charge in [0.2, 0.25) is 0 Å². The summed E-state index contributed by atoms with van der Waals surface area (Å²) in [5.74, 6) is 3.09. The lowest BCUT2D eigenvalue weighted by Gasteiger charge is -2.59. The average molecular weight is 316 g/mol. The fourth-order valence-electron chi connectivity index (χ4n) is 7.63. The van der Waals surface area contributed by atoms with Crippen LogP contribution in [0.4, 0.5) is 0 Å². The number of carbonyl (C=O) groups excluding carboxylic acids is 2. The third-order valence-electron chi connectivity index (χ3n) is 8.88. The molecule has 4 aliphatic rings. The standard InChI is InChI=1S/C21H32O2/c1-13(22)15-7-8-16-19-17(9-11-21(15,16)3)20(2)10-5-4-6-14(20)12-18(19)23/h14-17,19H,4-12H2,1-3H3/t14-,15-,16+,17+,19+,20+,21-/m1/s1. The third-order valence-corrected chi connectivity index (χ3v) is 8.88. The van der Waals surface area contributed by atoms with Gasteiger partial charge in [-0.15, -0.1) is 0 Å². The molecule has 0 radical (unpaired) electrons. The van der Waals surface area contributed by atoms with E-state index in [4.69, 9.17) is 0 Å². The Balaban J connectivity index is 1.69. The molecule has 23 heavy (non-hydrogen) atoms. The molecule has 0 aromatic rings. The number of carbonyl (C=O) groups is 2. The van der Waals surface area contributed by atoms with Gasteiger partial charge in [-0.3, -0.25) is 9.59 Å². The van der Waals surface area contributed by atoms with E-state index < -0.39 is 0 Å². The molecule has 0 aliphatic heterocycles. The van der Waals surface area contributed by atoms with Crippen LogP contribution in [0.3, 0.4) is 0 Å². The Morgan fingerprint density at radius 2 is 1.70 bits per heavy atom. The molecule has 4 rings (SSSR count). The van der Waals surface area contributed by atoms with Gasteiger partial charge in [0.05, 0.1) is 0 Å². The molecular formula is C21H32O2. The summed E-state index contributed by atoms with van der Waals surface area (Å²) in [6.45, 7) is 6.60. The van der Waals surface area contributed by atoms with Crippen LogP contribution in [0.25, 0.3) is 0 Å². The monoisotopic (exact) mass is 316 g/mol. The van der Waals surface area contributed by atoms with E-state index in [0.29, 0.717) is 34.7 Å². The van der Waals surface area contributed by atoms with Crippen LogP contribution >= 0.6 is 0 Å². The summed E-state index contributed by atoms with van der Waals surface area (Å²) >= 11 is 0. The molecule has 4 fully saturated rings. The van der Waals surface area contributed by atoms with Gasteiger partial charge in [0, 0.05) is 18.3 Å². The fourth-order valence-corrected chi connectivity index (χ4v) is 7.63. The zero-order chi connectivity index (χ0) is 16.4. The van der Waals surface area contributed by atoms with Gasteiger partial charge in [0.15, 0.2) is 0 Å². The first-order valence-electron chi connectivity index (χ1n) is 9.91. The van der Waals surface area contributed by atoms with Gasteiger partial charge in [-0.25, -0.2) is 0 Å². The van der Waals surface area contributed by atoms with Crippen molar-refractivity contribution in [1.82, 2.24) is 0 Å². The number of hydrogen-bond acceptors (Lipinski definition) is 2. The Morgan fingerprint density at radius 1 is 0.957 bits per heavy atom. The lowest BCUT2D eigenvalue weighted by Crippen LogP contribution is -2.56. The topological polar surface area (TPSA) is 34.1 Å². The van der Waals surface area contributed by atoms with E-state index in [1.54, 1.807) is 6.92 Å². The fraction of sp³-hybridized carbons (Fsp3) is 0.905. The lowest BCUT2D eigenvalue weighted by molar-refractivity contribution is -0.157. The molecule has 4 saturated carbocycles. The second kappa shape index (κ2) is 5.17. The molecule has 0 heterocycles. The predicted molar refractivity (Wildman–Crippen MR) is 90.9 cm³/mol. The molecule has 0 saturated heterocycles. The van der Waals surface area contributed by atoms with E-state index in [9.17, 15) is 9.59 Å². The first kappa shape index (κ1) is 15.8. The van der Waals surface area contributed by atoms with Gasteiger partial charge in [-0.1, -0.05) is 26.7 Å². The van der Waals surface area contributed by atoms with Crippen molar-refractivity contribution in [2.45, 2.75) is 78.6 Å². The number of hydrogen-bond donors (Lipinski definition) is 0. The summed E-state index contributed by atoms with van der Waals surface area (Å²) in [6, 6.07) is 0. The largest absolute Gasteiger partial charge is 0.300 e. The molecule has 0 aromatic heterocycles. The van der Waals surface area contributed by atoms with Crippen LogP contribution in [-0.2, 0) is 9.59 Å². The summed E-state index contributed by atoms with van der Waals surface area (Å²) < 4.78 is 0. The van der Waals surface area contributed by atoms with Crippen molar-refractivity contribution in [1.29, 1.82) is 0 Å². The van der Waals surface area contributed by atoms with Crippen molar-refractivity contribution >= 4 is 11.6 Å². The number of rotatable bonds is 1. The average Bonchev–Trinajstić information content (AvgIpc) is 2.85. The van der Waals surface area contributed by atoms with E-state index in [2.05, 4.69) is 13.8 Å². The predicted octanol–water partition coefficient (Wildman–Crippen LogP) is 4.80. The minimum absolute atomic E-state index is 0.0977. The molecular weight excluding hydrogens is 284 g/mol. The van der Waals surface area contributed by atoms with Gasteiger partial charge in [0.25, 0.3) is 0 Å². The summed E-state index contributed by atoms with van der Waals surface area (Å²) in [6.07, 6.45) is 10.6. The van der Waals surface area contributed by atoms with Crippen molar-refractivity contribution in [3.63, 3.8) is 0 Å². The highest BCUT2D eigenvalue weighted by molar-refractivity contribution is 5.84. The molecule has 0 N–H and O–H groups in total. The highest BCUT2D eigenvalue weighted by Gasteiger charge is 2.62. The highest BCUT2D eigenvalue weighted by Crippen LogP contribution is 2.66. The Bertz CT molecular complexity index is 538. The van der Waals surface area contributed by atoms with Crippen LogP contribution < -0.4 is 0 Å². The van der Waals surface area contributed by atoms with Crippen LogP contribution in [0.5, 0.6) is 0 Å². The minimum atomic E-state index is 0.0977. The van der Waals surface area contributed by atoms with Crippen LogP contribution in [0, 0.1) is 40.4 Å². The van der Waals surface area contributed by atoms with E-state index in [0.717, 1.165) is 19.3 Å². The van der Waals surface area contributed by atoms with E-state index in [1.807, 2.05) is 0 Å². The SMILES string of the molecule is CC(=O)[C@H]1CC[C@H]2[C@@H]3C(=O)C[C@H]4CCCC[C@]4(C)[C@H]3CC[C@]12C. The third kappa shape index (κ3) is 2.05. The number of Topliss-reactive ketones (excluding diaryl/α,β-unsaturated/α-hetero) is 2. The van der Waals surface area contributed by atoms with Gasteiger partial charge < -0.3 is 0 Å². The summed E-state index contributed by atoms with van der Waals surface area (Å²) in [5.41, 5.74) is 0.493. The Hall–Kier alpha value is -0.660. The smallest absolute Gasteiger partial charge is 0.136 e. The number of ketones is 2. The first-order valence-corrected chi connectivity index (χ1v) is 9.91. The molecule has 0 spiro atoms. The van der Waals surface area contributed by atoms with E-state index in [1.165, 1.54) is 38.5 Å². The van der Waals surface area contributed by atoms with Gasteiger partial charge in [-0.2, -0.15) is 0 Å². The molecule has 0 aromatic carbocycles. The van der Waals surface area contributed by atoms with Crippen LogP contribution in [0.15, 0.2) is 0 Å². The van der Waals surface area contributed by atoms with Crippen LogP contribution in [-0.4, -0.2) is 11.6 Å². The highest BCUT2D eigenvalue weighted by atomic mass is 16.1. The molecule has 0 unspecified atom stereocenters. The zero-order valence-corrected chi connectivity index (χ0v) is 15.1. The minimum Gasteiger partial charge on any atom is -0.300 e. The molecule has 2 heteroatoms. The van der Waals surface area contributed by atoms with Gasteiger partial charge in [-0.05, 0) is 74.0 Å².